The van der Waals surface area contributed by atoms with Gasteiger partial charge in [0.25, 0.3) is 0 Å². The third-order valence-corrected chi connectivity index (χ3v) is 8.38. The van der Waals surface area contributed by atoms with Crippen molar-refractivity contribution < 1.29 is 19.4 Å². The van der Waals surface area contributed by atoms with Gasteiger partial charge in [0.2, 0.25) is 0 Å². The van der Waals surface area contributed by atoms with Crippen molar-refractivity contribution in [1.29, 1.82) is 0 Å². The Hall–Kier alpha value is -2.10. The molecular weight excluding hydrogens is 482 g/mol. The van der Waals surface area contributed by atoms with Gasteiger partial charge in [0, 0.05) is 12.6 Å². The summed E-state index contributed by atoms with van der Waals surface area (Å²) in [5, 5.41) is 12.3. The van der Waals surface area contributed by atoms with Crippen LogP contribution in [0.15, 0.2) is 34.7 Å². The van der Waals surface area contributed by atoms with Gasteiger partial charge in [-0.05, 0) is 48.1 Å². The van der Waals surface area contributed by atoms with Crippen LogP contribution in [-0.4, -0.2) is 51.9 Å². The summed E-state index contributed by atoms with van der Waals surface area (Å²) in [5.41, 5.74) is 2.54. The van der Waals surface area contributed by atoms with E-state index in [1.54, 1.807) is 6.20 Å². The first-order valence-corrected chi connectivity index (χ1v) is 14.0. The fourth-order valence-corrected chi connectivity index (χ4v) is 5.72. The number of carbonyl (C=O) groups is 2. The molecule has 192 valence electrons. The smallest absolute Gasteiger partial charge is 0.323 e. The Morgan fingerprint density at radius 3 is 2.51 bits per heavy atom. The number of aliphatic carboxylic acids is 1. The van der Waals surface area contributed by atoms with E-state index in [2.05, 4.69) is 62.3 Å². The van der Waals surface area contributed by atoms with Crippen LogP contribution in [0.25, 0.3) is 0 Å². The SMILES string of the molecule is CC(C)(C)c1ccc(COCCN(C(=O)Nc2ncc(SCC(=O)O)s2)[C@H]2CC[C@H](C)CC2)cc1. The Balaban J connectivity index is 1.55. The number of nitrogens with zero attached hydrogens (tertiary/aromatic N) is 2. The van der Waals surface area contributed by atoms with Gasteiger partial charge in [-0.15, -0.1) is 11.8 Å². The molecule has 2 aromatic rings. The van der Waals surface area contributed by atoms with E-state index in [1.807, 2.05) is 4.90 Å². The second-order valence-corrected chi connectivity index (χ2v) is 12.5. The van der Waals surface area contributed by atoms with Gasteiger partial charge in [-0.1, -0.05) is 63.3 Å². The van der Waals surface area contributed by atoms with Gasteiger partial charge in [0.15, 0.2) is 5.13 Å². The molecule has 1 heterocycles. The van der Waals surface area contributed by atoms with Gasteiger partial charge in [-0.2, -0.15) is 0 Å². The minimum absolute atomic E-state index is 0.0295. The summed E-state index contributed by atoms with van der Waals surface area (Å²) >= 11 is 2.50. The van der Waals surface area contributed by atoms with Crippen LogP contribution in [0.3, 0.4) is 0 Å². The highest BCUT2D eigenvalue weighted by molar-refractivity contribution is 8.01. The number of anilines is 1. The number of urea groups is 1. The normalized spacial score (nSPS) is 18.3. The van der Waals surface area contributed by atoms with Crippen molar-refractivity contribution in [3.63, 3.8) is 0 Å². The van der Waals surface area contributed by atoms with Crippen LogP contribution < -0.4 is 5.32 Å². The zero-order valence-corrected chi connectivity index (χ0v) is 22.7. The lowest BCUT2D eigenvalue weighted by atomic mass is 9.86. The molecule has 0 bridgehead atoms. The van der Waals surface area contributed by atoms with E-state index in [-0.39, 0.29) is 23.2 Å². The molecule has 9 heteroatoms. The highest BCUT2D eigenvalue weighted by atomic mass is 32.2. The van der Waals surface area contributed by atoms with E-state index in [0.29, 0.717) is 30.8 Å². The summed E-state index contributed by atoms with van der Waals surface area (Å²) in [4.78, 5) is 30.1. The molecule has 7 nitrogen and oxygen atoms in total. The quantitative estimate of drug-likeness (QED) is 0.285. The van der Waals surface area contributed by atoms with Crippen molar-refractivity contribution in [2.45, 2.75) is 75.7 Å². The summed E-state index contributed by atoms with van der Waals surface area (Å²) in [6.45, 7) is 10.3. The Labute approximate surface area is 216 Å². The molecule has 1 saturated carbocycles. The number of benzene rings is 1. The molecule has 0 atom stereocenters. The molecular formula is C26H37N3O4S2. The van der Waals surface area contributed by atoms with Crippen molar-refractivity contribution in [3.05, 3.63) is 41.6 Å². The second-order valence-electron chi connectivity index (χ2n) is 10.2. The van der Waals surface area contributed by atoms with E-state index < -0.39 is 5.97 Å². The minimum Gasteiger partial charge on any atom is -0.481 e. The lowest BCUT2D eigenvalue weighted by Gasteiger charge is -2.36. The number of thioether (sulfide) groups is 1. The average molecular weight is 520 g/mol. The molecule has 1 aromatic heterocycles. The average Bonchev–Trinajstić information content (AvgIpc) is 3.25. The highest BCUT2D eigenvalue weighted by Gasteiger charge is 2.28. The van der Waals surface area contributed by atoms with Crippen LogP contribution >= 0.6 is 23.1 Å². The fraction of sp³-hybridized carbons (Fsp3) is 0.577. The maximum Gasteiger partial charge on any atom is 0.323 e. The number of carboxylic acid groups (broad SMARTS) is 1. The maximum atomic E-state index is 13.2. The number of hydrogen-bond donors (Lipinski definition) is 2. The maximum absolute atomic E-state index is 13.2. The number of ether oxygens (including phenoxy) is 1. The first kappa shape index (κ1) is 27.5. The van der Waals surface area contributed by atoms with Gasteiger partial charge in [-0.25, -0.2) is 9.78 Å². The van der Waals surface area contributed by atoms with Gasteiger partial charge < -0.3 is 14.7 Å². The van der Waals surface area contributed by atoms with E-state index in [0.717, 1.165) is 35.5 Å². The number of rotatable bonds is 10. The van der Waals surface area contributed by atoms with Crippen molar-refractivity contribution in [3.8, 4) is 0 Å². The predicted octanol–water partition coefficient (Wildman–Crippen LogP) is 6.25. The summed E-state index contributed by atoms with van der Waals surface area (Å²) < 4.78 is 6.72. The van der Waals surface area contributed by atoms with Crippen LogP contribution in [0.1, 0.15) is 64.5 Å². The van der Waals surface area contributed by atoms with Crippen molar-refractivity contribution in [2.24, 2.45) is 5.92 Å². The molecule has 35 heavy (non-hydrogen) atoms. The van der Waals surface area contributed by atoms with Gasteiger partial charge in [0.05, 0.1) is 29.4 Å². The standard InChI is InChI=1S/C26H37N3O4S2/c1-18-5-11-21(12-6-18)29(25(32)28-24-27-15-23(35-24)34-17-22(30)31)13-14-33-16-19-7-9-20(10-8-19)26(2,3)4/h7-10,15,18,21H,5-6,11-14,16-17H2,1-4H3,(H,30,31)(H,27,28,32)/t18-,21-. The Morgan fingerprint density at radius 2 is 1.89 bits per heavy atom. The largest absolute Gasteiger partial charge is 0.481 e. The van der Waals surface area contributed by atoms with E-state index in [1.165, 1.54) is 28.7 Å². The van der Waals surface area contributed by atoms with E-state index in [9.17, 15) is 9.59 Å². The molecule has 1 fully saturated rings. The number of thiazole rings is 1. The molecule has 0 spiro atoms. The van der Waals surface area contributed by atoms with Crippen LogP contribution in [0.5, 0.6) is 0 Å². The van der Waals surface area contributed by atoms with Crippen molar-refractivity contribution in [1.82, 2.24) is 9.88 Å². The molecule has 0 radical (unpaired) electrons. The Kier molecular flexibility index (Phi) is 10.0. The Morgan fingerprint density at radius 1 is 1.20 bits per heavy atom. The first-order chi connectivity index (χ1) is 16.6. The number of carbonyl (C=O) groups excluding carboxylic acids is 1. The summed E-state index contributed by atoms with van der Waals surface area (Å²) in [6, 6.07) is 8.53. The number of hydrogen-bond acceptors (Lipinski definition) is 6. The van der Waals surface area contributed by atoms with E-state index in [4.69, 9.17) is 9.84 Å². The van der Waals surface area contributed by atoms with Gasteiger partial charge in [0.1, 0.15) is 0 Å². The molecule has 2 amide bonds. The first-order valence-electron chi connectivity index (χ1n) is 12.2. The lowest BCUT2D eigenvalue weighted by molar-refractivity contribution is -0.133. The van der Waals surface area contributed by atoms with Gasteiger partial charge >= 0.3 is 12.0 Å². The third-order valence-electron chi connectivity index (χ3n) is 6.29. The Bertz CT molecular complexity index is 964. The molecule has 1 aliphatic carbocycles. The minimum atomic E-state index is -0.878. The molecule has 2 N–H and O–H groups in total. The van der Waals surface area contributed by atoms with Crippen LogP contribution in [0.4, 0.5) is 9.93 Å². The summed E-state index contributed by atoms with van der Waals surface area (Å²) in [6.07, 6.45) is 5.81. The number of carboxylic acids is 1. The van der Waals surface area contributed by atoms with Gasteiger partial charge in [-0.3, -0.25) is 10.1 Å². The predicted molar refractivity (Wildman–Crippen MR) is 142 cm³/mol. The molecule has 0 aliphatic heterocycles. The monoisotopic (exact) mass is 519 g/mol. The van der Waals surface area contributed by atoms with Crippen molar-refractivity contribution in [2.75, 3.05) is 24.2 Å². The number of nitrogens with one attached hydrogen (secondary N) is 1. The highest BCUT2D eigenvalue weighted by Crippen LogP contribution is 2.30. The van der Waals surface area contributed by atoms with Crippen LogP contribution in [0.2, 0.25) is 0 Å². The fourth-order valence-electron chi connectivity index (χ4n) is 4.14. The van der Waals surface area contributed by atoms with E-state index >= 15 is 0 Å². The molecule has 3 rings (SSSR count). The topological polar surface area (TPSA) is 91.8 Å². The zero-order chi connectivity index (χ0) is 25.4. The summed E-state index contributed by atoms with van der Waals surface area (Å²) in [5.74, 6) is -0.216. The summed E-state index contributed by atoms with van der Waals surface area (Å²) in [7, 11) is 0. The molecule has 0 unspecified atom stereocenters. The van der Waals surface area contributed by atoms with Crippen LogP contribution in [0, 0.1) is 5.92 Å². The molecule has 1 aliphatic rings. The van der Waals surface area contributed by atoms with Crippen molar-refractivity contribution >= 4 is 40.2 Å². The third kappa shape index (κ3) is 8.81. The van der Waals surface area contributed by atoms with Crippen LogP contribution in [-0.2, 0) is 21.6 Å². The number of amides is 2. The molecule has 1 aromatic carbocycles. The number of aromatic nitrogens is 1. The molecule has 0 saturated heterocycles. The zero-order valence-electron chi connectivity index (χ0n) is 21.1. The second kappa shape index (κ2) is 12.7. The lowest BCUT2D eigenvalue weighted by Crippen LogP contribution is -2.46.